The highest BCUT2D eigenvalue weighted by Gasteiger charge is 2.39. The largest absolute Gasteiger partial charge is 0.371 e. The third-order valence-corrected chi connectivity index (χ3v) is 5.66. The van der Waals surface area contributed by atoms with Crippen LogP contribution in [0.1, 0.15) is 51.4 Å². The highest BCUT2D eigenvalue weighted by atomic mass is 16.7. The van der Waals surface area contributed by atoms with Crippen molar-refractivity contribution < 1.29 is 14.4 Å². The van der Waals surface area contributed by atoms with Crippen LogP contribution in [0.5, 0.6) is 0 Å². The third kappa shape index (κ3) is 3.81. The Labute approximate surface area is 133 Å². The van der Waals surface area contributed by atoms with Gasteiger partial charge >= 0.3 is 0 Å². The van der Waals surface area contributed by atoms with Crippen LogP contribution in [-0.2, 0) is 14.4 Å². The lowest BCUT2D eigenvalue weighted by molar-refractivity contribution is -0.161. The monoisotopic (exact) mass is 310 g/mol. The van der Waals surface area contributed by atoms with Crippen molar-refractivity contribution in [1.29, 1.82) is 0 Å². The second-order valence-electron chi connectivity index (χ2n) is 7.17. The van der Waals surface area contributed by atoms with Crippen LogP contribution < -0.4 is 0 Å². The number of rotatable bonds is 3. The average molecular weight is 310 g/mol. The van der Waals surface area contributed by atoms with Gasteiger partial charge in [-0.15, -0.1) is 0 Å². The number of amides is 1. The molecule has 1 amide bonds. The second kappa shape index (κ2) is 7.28. The van der Waals surface area contributed by atoms with E-state index in [1.54, 1.807) is 7.11 Å². The fourth-order valence-electron chi connectivity index (χ4n) is 4.23. The molecule has 2 saturated heterocycles. The molecular formula is C17H30N2O3. The van der Waals surface area contributed by atoms with E-state index in [9.17, 15) is 4.79 Å². The Hall–Kier alpha value is -0.650. The molecular weight excluding hydrogens is 280 g/mol. The molecule has 0 aromatic carbocycles. The topological polar surface area (TPSA) is 42.0 Å². The Kier molecular flexibility index (Phi) is 5.37. The van der Waals surface area contributed by atoms with Crippen molar-refractivity contribution in [2.45, 2.75) is 57.0 Å². The maximum absolute atomic E-state index is 12.7. The fourth-order valence-corrected chi connectivity index (χ4v) is 4.23. The summed E-state index contributed by atoms with van der Waals surface area (Å²) in [6, 6.07) is 0. The van der Waals surface area contributed by atoms with Crippen LogP contribution >= 0.6 is 0 Å². The van der Waals surface area contributed by atoms with Crippen molar-refractivity contribution in [2.24, 2.45) is 5.92 Å². The van der Waals surface area contributed by atoms with Crippen LogP contribution in [0.2, 0.25) is 0 Å². The number of hydrogen-bond acceptors (Lipinski definition) is 4. The molecule has 0 N–H and O–H groups in total. The van der Waals surface area contributed by atoms with Gasteiger partial charge in [0.1, 0.15) is 0 Å². The molecule has 3 aliphatic rings. The van der Waals surface area contributed by atoms with Crippen LogP contribution in [0.25, 0.3) is 0 Å². The first-order valence-electron chi connectivity index (χ1n) is 8.92. The normalized spacial score (nSPS) is 27.2. The van der Waals surface area contributed by atoms with Crippen LogP contribution in [0.3, 0.4) is 0 Å². The SMILES string of the molecule is CON1CCC(CC(=O)N2CCOC3(CCCCC3)C2)CC1. The molecule has 22 heavy (non-hydrogen) atoms. The Morgan fingerprint density at radius 3 is 2.59 bits per heavy atom. The molecule has 0 atom stereocenters. The second-order valence-corrected chi connectivity index (χ2v) is 7.17. The number of morpholine rings is 1. The summed E-state index contributed by atoms with van der Waals surface area (Å²) in [6.45, 7) is 4.21. The summed E-state index contributed by atoms with van der Waals surface area (Å²) in [5.41, 5.74) is -0.0222. The highest BCUT2D eigenvalue weighted by molar-refractivity contribution is 5.76. The molecule has 0 radical (unpaired) electrons. The summed E-state index contributed by atoms with van der Waals surface area (Å²) in [7, 11) is 1.73. The van der Waals surface area contributed by atoms with Crippen molar-refractivity contribution >= 4 is 5.91 Å². The molecule has 0 bridgehead atoms. The zero-order valence-electron chi connectivity index (χ0n) is 13.9. The smallest absolute Gasteiger partial charge is 0.223 e. The number of nitrogens with zero attached hydrogens (tertiary/aromatic N) is 2. The Morgan fingerprint density at radius 1 is 1.18 bits per heavy atom. The van der Waals surface area contributed by atoms with Gasteiger partial charge < -0.3 is 14.5 Å². The predicted octanol–water partition coefficient (Wildman–Crippen LogP) is 2.21. The van der Waals surface area contributed by atoms with Crippen LogP contribution in [0, 0.1) is 5.92 Å². The Balaban J connectivity index is 1.49. The van der Waals surface area contributed by atoms with Gasteiger partial charge in [-0.1, -0.05) is 19.3 Å². The van der Waals surface area contributed by atoms with Gasteiger partial charge in [-0.25, -0.2) is 0 Å². The highest BCUT2D eigenvalue weighted by Crippen LogP contribution is 2.35. The van der Waals surface area contributed by atoms with E-state index in [2.05, 4.69) is 4.90 Å². The molecule has 3 fully saturated rings. The van der Waals surface area contributed by atoms with Crippen molar-refractivity contribution in [3.05, 3.63) is 0 Å². The molecule has 1 saturated carbocycles. The molecule has 0 unspecified atom stereocenters. The van der Waals surface area contributed by atoms with Crippen molar-refractivity contribution in [2.75, 3.05) is 39.9 Å². The minimum absolute atomic E-state index is 0.0222. The van der Waals surface area contributed by atoms with E-state index in [-0.39, 0.29) is 5.60 Å². The van der Waals surface area contributed by atoms with E-state index < -0.39 is 0 Å². The van der Waals surface area contributed by atoms with E-state index in [4.69, 9.17) is 9.57 Å². The van der Waals surface area contributed by atoms with E-state index in [0.717, 1.165) is 51.9 Å². The van der Waals surface area contributed by atoms with E-state index >= 15 is 0 Å². The maximum Gasteiger partial charge on any atom is 0.223 e. The zero-order valence-corrected chi connectivity index (χ0v) is 13.9. The number of carbonyl (C=O) groups is 1. The number of hydrogen-bond donors (Lipinski definition) is 0. The van der Waals surface area contributed by atoms with Crippen LogP contribution in [0.15, 0.2) is 0 Å². The van der Waals surface area contributed by atoms with Crippen LogP contribution in [0.4, 0.5) is 0 Å². The molecule has 2 heterocycles. The van der Waals surface area contributed by atoms with Gasteiger partial charge in [0.15, 0.2) is 0 Å². The maximum atomic E-state index is 12.7. The van der Waals surface area contributed by atoms with E-state index in [0.29, 0.717) is 24.9 Å². The summed E-state index contributed by atoms with van der Waals surface area (Å²) >= 11 is 0. The number of hydroxylamine groups is 2. The summed E-state index contributed by atoms with van der Waals surface area (Å²) in [5, 5.41) is 1.99. The van der Waals surface area contributed by atoms with Crippen molar-refractivity contribution in [1.82, 2.24) is 9.96 Å². The molecule has 1 spiro atoms. The van der Waals surface area contributed by atoms with Gasteiger partial charge in [0.25, 0.3) is 0 Å². The van der Waals surface area contributed by atoms with Gasteiger partial charge in [0.2, 0.25) is 5.91 Å². The van der Waals surface area contributed by atoms with E-state index in [1.165, 1.54) is 19.3 Å². The lowest BCUT2D eigenvalue weighted by atomic mass is 9.83. The summed E-state index contributed by atoms with van der Waals surface area (Å²) in [4.78, 5) is 20.0. The lowest BCUT2D eigenvalue weighted by Crippen LogP contribution is -2.54. The summed E-state index contributed by atoms with van der Waals surface area (Å²) in [5.74, 6) is 0.855. The lowest BCUT2D eigenvalue weighted by Gasteiger charge is -2.45. The third-order valence-electron chi connectivity index (χ3n) is 5.66. The van der Waals surface area contributed by atoms with Crippen molar-refractivity contribution in [3.8, 4) is 0 Å². The Morgan fingerprint density at radius 2 is 1.91 bits per heavy atom. The molecule has 0 aromatic rings. The number of ether oxygens (including phenoxy) is 1. The first-order valence-corrected chi connectivity index (χ1v) is 8.92. The predicted molar refractivity (Wildman–Crippen MR) is 84.3 cm³/mol. The Bertz CT molecular complexity index is 369. The molecule has 3 rings (SSSR count). The minimum Gasteiger partial charge on any atom is -0.371 e. The molecule has 2 aliphatic heterocycles. The van der Waals surface area contributed by atoms with Gasteiger partial charge in [0, 0.05) is 32.6 Å². The fraction of sp³-hybridized carbons (Fsp3) is 0.941. The molecule has 0 aromatic heterocycles. The van der Waals surface area contributed by atoms with Gasteiger partial charge in [-0.2, -0.15) is 5.06 Å². The van der Waals surface area contributed by atoms with E-state index in [1.807, 2.05) is 5.06 Å². The molecule has 5 nitrogen and oxygen atoms in total. The molecule has 1 aliphatic carbocycles. The average Bonchev–Trinajstić information content (AvgIpc) is 2.56. The van der Waals surface area contributed by atoms with Gasteiger partial charge in [-0.3, -0.25) is 4.79 Å². The summed E-state index contributed by atoms with van der Waals surface area (Å²) in [6.07, 6.45) is 8.90. The summed E-state index contributed by atoms with van der Waals surface area (Å²) < 4.78 is 6.09. The molecule has 126 valence electrons. The zero-order chi connectivity index (χ0) is 15.4. The van der Waals surface area contributed by atoms with Crippen LogP contribution in [-0.4, -0.2) is 61.4 Å². The first-order chi connectivity index (χ1) is 10.7. The van der Waals surface area contributed by atoms with Gasteiger partial charge in [0.05, 0.1) is 19.3 Å². The van der Waals surface area contributed by atoms with Crippen molar-refractivity contribution in [3.63, 3.8) is 0 Å². The van der Waals surface area contributed by atoms with Gasteiger partial charge in [-0.05, 0) is 31.6 Å². The number of carbonyl (C=O) groups excluding carboxylic acids is 1. The standard InChI is InChI=1S/C17H30N2O3/c1-21-19-9-5-15(6-10-19)13-16(20)18-11-12-22-17(14-18)7-3-2-4-8-17/h15H,2-14H2,1H3. The minimum atomic E-state index is -0.0222. The molecule has 5 heteroatoms. The quantitative estimate of drug-likeness (QED) is 0.801. The first kappa shape index (κ1) is 16.2. The number of piperidine rings is 1.